The molecule has 0 radical (unpaired) electrons. The SMILES string of the molecule is I.NC(N)=NCC(O)c1ccco1. The van der Waals surface area contributed by atoms with Gasteiger partial charge in [0.2, 0.25) is 0 Å². The monoisotopic (exact) mass is 297 g/mol. The molecule has 0 saturated heterocycles. The molecule has 1 rings (SSSR count). The van der Waals surface area contributed by atoms with Crippen LogP contribution in [-0.2, 0) is 0 Å². The highest BCUT2D eigenvalue weighted by atomic mass is 127. The van der Waals surface area contributed by atoms with Gasteiger partial charge in [-0.25, -0.2) is 0 Å². The van der Waals surface area contributed by atoms with E-state index >= 15 is 0 Å². The molecule has 0 fully saturated rings. The van der Waals surface area contributed by atoms with Crippen LogP contribution in [0.1, 0.15) is 11.9 Å². The molecule has 0 aliphatic carbocycles. The average molecular weight is 297 g/mol. The fraction of sp³-hybridized carbons (Fsp3) is 0.286. The number of guanidine groups is 1. The van der Waals surface area contributed by atoms with E-state index in [1.54, 1.807) is 12.1 Å². The predicted octanol–water partition coefficient (Wildman–Crippen LogP) is 0.204. The van der Waals surface area contributed by atoms with Gasteiger partial charge < -0.3 is 21.0 Å². The maximum absolute atomic E-state index is 9.35. The molecule has 0 aliphatic heterocycles. The Morgan fingerprint density at radius 1 is 1.62 bits per heavy atom. The molecule has 0 aromatic carbocycles. The van der Waals surface area contributed by atoms with Crippen molar-refractivity contribution in [2.24, 2.45) is 16.5 Å². The van der Waals surface area contributed by atoms with Crippen LogP contribution in [0, 0.1) is 0 Å². The molecule has 5 nitrogen and oxygen atoms in total. The fourth-order valence-corrected chi connectivity index (χ4v) is 0.763. The molecule has 1 unspecified atom stereocenters. The summed E-state index contributed by atoms with van der Waals surface area (Å²) in [6, 6.07) is 3.35. The molecule has 0 aliphatic rings. The molecule has 0 amide bonds. The molecule has 1 atom stereocenters. The number of hydrogen-bond acceptors (Lipinski definition) is 3. The third kappa shape index (κ3) is 4.13. The van der Waals surface area contributed by atoms with Gasteiger partial charge in [-0.05, 0) is 12.1 Å². The summed E-state index contributed by atoms with van der Waals surface area (Å²) in [6.45, 7) is 0.121. The van der Waals surface area contributed by atoms with Gasteiger partial charge in [-0.2, -0.15) is 0 Å². The minimum atomic E-state index is -0.776. The van der Waals surface area contributed by atoms with E-state index in [2.05, 4.69) is 4.99 Å². The zero-order chi connectivity index (χ0) is 8.97. The maximum atomic E-state index is 9.35. The minimum Gasteiger partial charge on any atom is -0.467 e. The molecule has 1 aromatic heterocycles. The Balaban J connectivity index is 0.00000144. The van der Waals surface area contributed by atoms with E-state index in [1.807, 2.05) is 0 Å². The van der Waals surface area contributed by atoms with Gasteiger partial charge in [-0.1, -0.05) is 0 Å². The second-order valence-electron chi connectivity index (χ2n) is 2.30. The van der Waals surface area contributed by atoms with Crippen LogP contribution >= 0.6 is 24.0 Å². The topological polar surface area (TPSA) is 97.8 Å². The number of hydrogen-bond donors (Lipinski definition) is 3. The molecule has 0 saturated carbocycles. The summed E-state index contributed by atoms with van der Waals surface area (Å²) < 4.78 is 4.93. The van der Waals surface area contributed by atoms with Gasteiger partial charge in [0.05, 0.1) is 12.8 Å². The van der Waals surface area contributed by atoms with Crippen LogP contribution < -0.4 is 11.5 Å². The molecule has 13 heavy (non-hydrogen) atoms. The summed E-state index contributed by atoms with van der Waals surface area (Å²) in [5.41, 5.74) is 10.2. The van der Waals surface area contributed by atoms with Crippen molar-refractivity contribution in [3.8, 4) is 0 Å². The Morgan fingerprint density at radius 3 is 2.77 bits per heavy atom. The predicted molar refractivity (Wildman–Crippen MR) is 59.8 cm³/mol. The number of halogens is 1. The summed E-state index contributed by atoms with van der Waals surface area (Å²) >= 11 is 0. The fourth-order valence-electron chi connectivity index (χ4n) is 0.763. The van der Waals surface area contributed by atoms with Crippen LogP contribution in [0.3, 0.4) is 0 Å². The molecular formula is C7H12IN3O2. The quantitative estimate of drug-likeness (QED) is 0.422. The van der Waals surface area contributed by atoms with E-state index in [1.165, 1.54) is 6.26 Å². The van der Waals surface area contributed by atoms with Gasteiger partial charge in [0.15, 0.2) is 5.96 Å². The molecule has 5 N–H and O–H groups in total. The summed E-state index contributed by atoms with van der Waals surface area (Å²) in [4.78, 5) is 3.64. The van der Waals surface area contributed by atoms with Crippen molar-refractivity contribution < 1.29 is 9.52 Å². The smallest absolute Gasteiger partial charge is 0.186 e. The second kappa shape index (κ2) is 5.81. The van der Waals surface area contributed by atoms with Gasteiger partial charge in [-0.3, -0.25) is 4.99 Å². The number of nitrogens with two attached hydrogens (primary N) is 2. The van der Waals surface area contributed by atoms with Crippen LogP contribution in [0.15, 0.2) is 27.8 Å². The zero-order valence-electron chi connectivity index (χ0n) is 6.88. The Labute approximate surface area is 92.8 Å². The molecule has 1 heterocycles. The average Bonchev–Trinajstić information content (AvgIpc) is 2.51. The van der Waals surface area contributed by atoms with Crippen LogP contribution in [0.5, 0.6) is 0 Å². The largest absolute Gasteiger partial charge is 0.467 e. The molecule has 6 heteroatoms. The van der Waals surface area contributed by atoms with E-state index in [4.69, 9.17) is 15.9 Å². The highest BCUT2D eigenvalue weighted by Crippen LogP contribution is 2.12. The van der Waals surface area contributed by atoms with Gasteiger partial charge in [0.1, 0.15) is 11.9 Å². The first-order valence-corrected chi connectivity index (χ1v) is 3.47. The van der Waals surface area contributed by atoms with E-state index in [0.29, 0.717) is 5.76 Å². The highest BCUT2D eigenvalue weighted by Gasteiger charge is 2.08. The molecule has 0 spiro atoms. The lowest BCUT2D eigenvalue weighted by molar-refractivity contribution is 0.158. The first-order chi connectivity index (χ1) is 5.70. The van der Waals surface area contributed by atoms with Crippen molar-refractivity contribution >= 4 is 29.9 Å². The third-order valence-electron chi connectivity index (χ3n) is 1.32. The van der Waals surface area contributed by atoms with Crippen LogP contribution in [0.2, 0.25) is 0 Å². The van der Waals surface area contributed by atoms with E-state index in [-0.39, 0.29) is 36.5 Å². The number of furan rings is 1. The Bertz CT molecular complexity index is 257. The van der Waals surface area contributed by atoms with Crippen LogP contribution in [0.25, 0.3) is 0 Å². The van der Waals surface area contributed by atoms with Crippen molar-refractivity contribution in [2.45, 2.75) is 6.10 Å². The Hall–Kier alpha value is -0.760. The van der Waals surface area contributed by atoms with Gasteiger partial charge in [-0.15, -0.1) is 24.0 Å². The van der Waals surface area contributed by atoms with Gasteiger partial charge in [0, 0.05) is 0 Å². The van der Waals surface area contributed by atoms with Gasteiger partial charge >= 0.3 is 0 Å². The summed E-state index contributed by atoms with van der Waals surface area (Å²) in [6.07, 6.45) is 0.704. The maximum Gasteiger partial charge on any atom is 0.186 e. The van der Waals surface area contributed by atoms with Crippen molar-refractivity contribution in [3.05, 3.63) is 24.2 Å². The van der Waals surface area contributed by atoms with Crippen molar-refractivity contribution in [1.82, 2.24) is 0 Å². The number of aliphatic hydroxyl groups excluding tert-OH is 1. The number of aliphatic imine (C=N–C) groups is 1. The molecule has 1 aromatic rings. The second-order valence-corrected chi connectivity index (χ2v) is 2.30. The van der Waals surface area contributed by atoms with E-state index in [0.717, 1.165) is 0 Å². The Kier molecular flexibility index (Phi) is 5.47. The number of rotatable bonds is 3. The standard InChI is InChI=1S/C7H11N3O2.HI/c8-7(9)10-4-5(11)6-2-1-3-12-6;/h1-3,5,11H,4H2,(H4,8,9,10);1H. The Morgan fingerprint density at radius 2 is 2.31 bits per heavy atom. The lowest BCUT2D eigenvalue weighted by Crippen LogP contribution is -2.23. The summed E-state index contributed by atoms with van der Waals surface area (Å²) in [5, 5.41) is 9.35. The molecule has 74 valence electrons. The number of aliphatic hydroxyl groups is 1. The van der Waals surface area contributed by atoms with Crippen LogP contribution in [-0.4, -0.2) is 17.6 Å². The number of nitrogens with zero attached hydrogens (tertiary/aromatic N) is 1. The first kappa shape index (κ1) is 12.2. The summed E-state index contributed by atoms with van der Waals surface area (Å²) in [5.74, 6) is 0.417. The minimum absolute atomic E-state index is 0. The van der Waals surface area contributed by atoms with Gasteiger partial charge in [0.25, 0.3) is 0 Å². The normalized spacial score (nSPS) is 11.5. The third-order valence-corrected chi connectivity index (χ3v) is 1.32. The lowest BCUT2D eigenvalue weighted by Gasteiger charge is -2.02. The van der Waals surface area contributed by atoms with Crippen molar-refractivity contribution in [2.75, 3.05) is 6.54 Å². The summed E-state index contributed by atoms with van der Waals surface area (Å²) in [7, 11) is 0. The van der Waals surface area contributed by atoms with Crippen LogP contribution in [0.4, 0.5) is 0 Å². The van der Waals surface area contributed by atoms with E-state index < -0.39 is 6.10 Å². The van der Waals surface area contributed by atoms with Crippen molar-refractivity contribution in [1.29, 1.82) is 0 Å². The molecule has 0 bridgehead atoms. The highest BCUT2D eigenvalue weighted by molar-refractivity contribution is 14.0. The first-order valence-electron chi connectivity index (χ1n) is 3.47. The zero-order valence-corrected chi connectivity index (χ0v) is 9.21. The van der Waals surface area contributed by atoms with E-state index in [9.17, 15) is 5.11 Å². The molecular weight excluding hydrogens is 285 g/mol. The lowest BCUT2D eigenvalue weighted by atomic mass is 10.3. The van der Waals surface area contributed by atoms with Crippen molar-refractivity contribution in [3.63, 3.8) is 0 Å².